The summed E-state index contributed by atoms with van der Waals surface area (Å²) < 4.78 is 13.5. The van der Waals surface area contributed by atoms with Gasteiger partial charge in [0.05, 0.1) is 23.7 Å². The van der Waals surface area contributed by atoms with Crippen molar-refractivity contribution in [1.82, 2.24) is 14.8 Å². The first-order valence-corrected chi connectivity index (χ1v) is 8.78. The Bertz CT molecular complexity index is 784. The van der Waals surface area contributed by atoms with E-state index in [2.05, 4.69) is 23.9 Å². The van der Waals surface area contributed by atoms with Gasteiger partial charge in [-0.15, -0.1) is 0 Å². The van der Waals surface area contributed by atoms with Crippen LogP contribution in [0.5, 0.6) is 0 Å². The molecular formula is C19H23N3O3. The van der Waals surface area contributed by atoms with Gasteiger partial charge in [-0.2, -0.15) is 5.10 Å². The monoisotopic (exact) mass is 341 g/mol. The predicted octanol–water partition coefficient (Wildman–Crippen LogP) is 2.94. The van der Waals surface area contributed by atoms with Crippen LogP contribution < -0.4 is 0 Å². The van der Waals surface area contributed by atoms with Gasteiger partial charge in [0.15, 0.2) is 0 Å². The highest BCUT2D eigenvalue weighted by Gasteiger charge is 2.60. The highest BCUT2D eigenvalue weighted by molar-refractivity contribution is 5.90. The molecule has 1 aliphatic carbocycles. The Morgan fingerprint density at radius 3 is 2.88 bits per heavy atom. The Morgan fingerprint density at radius 1 is 1.36 bits per heavy atom. The quantitative estimate of drug-likeness (QED) is 0.803. The van der Waals surface area contributed by atoms with Crippen molar-refractivity contribution < 1.29 is 14.3 Å². The third-order valence-corrected chi connectivity index (χ3v) is 5.59. The van der Waals surface area contributed by atoms with Crippen LogP contribution in [0.25, 0.3) is 5.69 Å². The Hall–Kier alpha value is -2.21. The van der Waals surface area contributed by atoms with Gasteiger partial charge in [-0.05, 0) is 31.9 Å². The van der Waals surface area contributed by atoms with E-state index in [4.69, 9.17) is 9.47 Å². The molecule has 6 heteroatoms. The largest absolute Gasteiger partial charge is 0.458 e. The van der Waals surface area contributed by atoms with E-state index in [-0.39, 0.29) is 23.6 Å². The average molecular weight is 341 g/mol. The maximum Gasteiger partial charge on any atom is 0.341 e. The van der Waals surface area contributed by atoms with E-state index in [0.717, 1.165) is 30.8 Å². The van der Waals surface area contributed by atoms with Crippen molar-refractivity contribution in [3.63, 3.8) is 0 Å². The maximum atomic E-state index is 12.7. The van der Waals surface area contributed by atoms with Gasteiger partial charge in [-0.3, -0.25) is 4.98 Å². The number of hydrogen-bond donors (Lipinski definition) is 0. The molecule has 0 N–H and O–H groups in total. The SMILES string of the molecule is Cc1c(C(=O)O[C@@H]2[C@H]3CCCO[C@H]3C2(C)C)cnn1-c1ccncc1. The first-order chi connectivity index (χ1) is 12.0. The van der Waals surface area contributed by atoms with Gasteiger partial charge >= 0.3 is 5.97 Å². The molecule has 4 rings (SSSR count). The minimum Gasteiger partial charge on any atom is -0.458 e. The van der Waals surface area contributed by atoms with Gasteiger partial charge in [0, 0.05) is 30.3 Å². The van der Waals surface area contributed by atoms with Crippen molar-refractivity contribution in [3.05, 3.63) is 42.0 Å². The predicted molar refractivity (Wildman–Crippen MR) is 91.5 cm³/mol. The van der Waals surface area contributed by atoms with Crippen molar-refractivity contribution >= 4 is 5.97 Å². The minimum atomic E-state index is -0.306. The van der Waals surface area contributed by atoms with E-state index in [1.54, 1.807) is 23.3 Å². The van der Waals surface area contributed by atoms with Gasteiger partial charge < -0.3 is 9.47 Å². The number of aromatic nitrogens is 3. The second-order valence-electron chi connectivity index (χ2n) is 7.51. The first-order valence-electron chi connectivity index (χ1n) is 8.78. The lowest BCUT2D eigenvalue weighted by Crippen LogP contribution is -2.65. The molecule has 0 unspecified atom stereocenters. The van der Waals surface area contributed by atoms with Crippen LogP contribution in [0.15, 0.2) is 30.7 Å². The summed E-state index contributed by atoms with van der Waals surface area (Å²) in [6, 6.07) is 3.71. The fraction of sp³-hybridized carbons (Fsp3) is 0.526. The zero-order chi connectivity index (χ0) is 17.6. The van der Waals surface area contributed by atoms with E-state index < -0.39 is 0 Å². The van der Waals surface area contributed by atoms with Gasteiger partial charge in [0.1, 0.15) is 11.7 Å². The maximum absolute atomic E-state index is 12.7. The normalized spacial score (nSPS) is 27.2. The number of pyridine rings is 1. The topological polar surface area (TPSA) is 66.2 Å². The van der Waals surface area contributed by atoms with Crippen molar-refractivity contribution in [3.8, 4) is 5.69 Å². The molecule has 6 nitrogen and oxygen atoms in total. The van der Waals surface area contributed by atoms with E-state index in [9.17, 15) is 4.79 Å². The van der Waals surface area contributed by atoms with E-state index in [1.165, 1.54) is 0 Å². The molecule has 0 bridgehead atoms. The van der Waals surface area contributed by atoms with Crippen molar-refractivity contribution in [2.75, 3.05) is 6.61 Å². The number of hydrogen-bond acceptors (Lipinski definition) is 5. The van der Waals surface area contributed by atoms with Crippen molar-refractivity contribution in [2.24, 2.45) is 11.3 Å². The molecule has 0 spiro atoms. The molecule has 0 radical (unpaired) electrons. The fourth-order valence-electron chi connectivity index (χ4n) is 4.25. The fourth-order valence-corrected chi connectivity index (χ4v) is 4.25. The molecule has 0 aromatic carbocycles. The van der Waals surface area contributed by atoms with Crippen LogP contribution in [-0.4, -0.2) is 39.5 Å². The average Bonchev–Trinajstić information content (AvgIpc) is 3.02. The number of carbonyl (C=O) groups excluding carboxylic acids is 1. The van der Waals surface area contributed by atoms with E-state index in [0.29, 0.717) is 11.5 Å². The summed E-state index contributed by atoms with van der Waals surface area (Å²) in [5, 5.41) is 4.34. The highest BCUT2D eigenvalue weighted by Crippen LogP contribution is 2.53. The lowest BCUT2D eigenvalue weighted by molar-refractivity contribution is -0.243. The molecule has 1 aliphatic heterocycles. The van der Waals surface area contributed by atoms with E-state index >= 15 is 0 Å². The molecule has 2 fully saturated rings. The number of carbonyl (C=O) groups is 1. The van der Waals surface area contributed by atoms with Crippen LogP contribution >= 0.6 is 0 Å². The Balaban J connectivity index is 1.53. The van der Waals surface area contributed by atoms with Gasteiger partial charge in [0.25, 0.3) is 0 Å². The second kappa shape index (κ2) is 5.95. The summed E-state index contributed by atoms with van der Waals surface area (Å²) in [6.07, 6.45) is 7.17. The van der Waals surface area contributed by atoms with Crippen LogP contribution in [0, 0.1) is 18.3 Å². The molecular weight excluding hydrogens is 318 g/mol. The first kappa shape index (κ1) is 16.3. The van der Waals surface area contributed by atoms with Crippen LogP contribution in [0.1, 0.15) is 42.7 Å². The van der Waals surface area contributed by atoms with Crippen LogP contribution in [0.3, 0.4) is 0 Å². The Morgan fingerprint density at radius 2 is 2.12 bits per heavy atom. The van der Waals surface area contributed by atoms with Crippen LogP contribution in [-0.2, 0) is 9.47 Å². The Labute approximate surface area is 147 Å². The second-order valence-corrected chi connectivity index (χ2v) is 7.51. The summed E-state index contributed by atoms with van der Waals surface area (Å²) in [5.74, 6) is 0.00292. The van der Waals surface area contributed by atoms with Gasteiger partial charge in [-0.25, -0.2) is 9.48 Å². The molecule has 0 amide bonds. The number of fused-ring (bicyclic) bond motifs is 1. The van der Waals surface area contributed by atoms with Crippen LogP contribution in [0.2, 0.25) is 0 Å². The summed E-state index contributed by atoms with van der Waals surface area (Å²) in [4.78, 5) is 16.8. The number of rotatable bonds is 3. The smallest absolute Gasteiger partial charge is 0.341 e. The molecule has 25 heavy (non-hydrogen) atoms. The molecule has 2 aliphatic rings. The summed E-state index contributed by atoms with van der Waals surface area (Å²) in [7, 11) is 0. The van der Waals surface area contributed by atoms with Crippen molar-refractivity contribution in [2.45, 2.75) is 45.8 Å². The molecule has 3 atom stereocenters. The van der Waals surface area contributed by atoms with E-state index in [1.807, 2.05) is 19.1 Å². The molecule has 3 heterocycles. The minimum absolute atomic E-state index is 0.103. The lowest BCUT2D eigenvalue weighted by atomic mass is 9.57. The standard InChI is InChI=1S/C19H23N3O3/c1-12-15(11-21-22(12)13-6-8-20-9-7-13)18(23)25-17-14-5-4-10-24-16(14)19(17,2)3/h6-9,11,14,16-17H,4-5,10H2,1-3H3/t14-,16+,17+/m0/s1. The number of ether oxygens (including phenoxy) is 2. The third-order valence-electron chi connectivity index (χ3n) is 5.59. The zero-order valence-electron chi connectivity index (χ0n) is 14.8. The summed E-state index contributed by atoms with van der Waals surface area (Å²) in [6.45, 7) is 6.92. The number of esters is 1. The molecule has 2 aromatic rings. The van der Waals surface area contributed by atoms with Crippen LogP contribution in [0.4, 0.5) is 0 Å². The lowest BCUT2D eigenvalue weighted by Gasteiger charge is -2.58. The zero-order valence-corrected chi connectivity index (χ0v) is 14.8. The third kappa shape index (κ3) is 2.56. The highest BCUT2D eigenvalue weighted by atomic mass is 16.6. The summed E-state index contributed by atoms with van der Waals surface area (Å²) in [5.41, 5.74) is 2.00. The van der Waals surface area contributed by atoms with Crippen molar-refractivity contribution in [1.29, 1.82) is 0 Å². The Kier molecular flexibility index (Phi) is 3.87. The number of nitrogens with zero attached hydrogens (tertiary/aromatic N) is 3. The van der Waals surface area contributed by atoms with Gasteiger partial charge in [0.2, 0.25) is 0 Å². The molecule has 1 saturated carbocycles. The molecule has 1 saturated heterocycles. The molecule has 132 valence electrons. The van der Waals surface area contributed by atoms with Gasteiger partial charge in [-0.1, -0.05) is 13.8 Å². The molecule has 2 aromatic heterocycles. The summed E-state index contributed by atoms with van der Waals surface area (Å²) >= 11 is 0.